The van der Waals surface area contributed by atoms with Crippen molar-refractivity contribution in [2.45, 2.75) is 19.4 Å². The van der Waals surface area contributed by atoms with Crippen LogP contribution in [0.1, 0.15) is 45.7 Å². The summed E-state index contributed by atoms with van der Waals surface area (Å²) in [4.78, 5) is 43.5. The fourth-order valence-electron chi connectivity index (χ4n) is 4.27. The second-order valence-electron chi connectivity index (χ2n) is 8.52. The molecular weight excluding hydrogens is 488 g/mol. The Morgan fingerprint density at radius 3 is 2.18 bits per heavy atom. The highest BCUT2D eigenvalue weighted by Gasteiger charge is 2.32. The lowest BCUT2D eigenvalue weighted by Gasteiger charge is -2.22. The monoisotopic (exact) mass is 508 g/mol. The predicted octanol–water partition coefficient (Wildman–Crippen LogP) is 6.03. The predicted molar refractivity (Wildman–Crippen MR) is 139 cm³/mol. The molecule has 0 amide bonds. The third kappa shape index (κ3) is 4.62. The van der Waals surface area contributed by atoms with Gasteiger partial charge in [0, 0.05) is 41.6 Å². The molecule has 38 heavy (non-hydrogen) atoms. The number of nitro benzene ring substituents is 2. The number of aliphatic imine (C=N–C) groups is 1. The molecule has 0 radical (unpaired) electrons. The van der Waals surface area contributed by atoms with Gasteiger partial charge >= 0.3 is 0 Å². The first kappa shape index (κ1) is 24.4. The third-order valence-corrected chi connectivity index (χ3v) is 6.21. The molecule has 10 heteroatoms. The number of benzene rings is 3. The van der Waals surface area contributed by atoms with Crippen LogP contribution in [-0.2, 0) is 6.42 Å². The van der Waals surface area contributed by atoms with Gasteiger partial charge in [0.2, 0.25) is 0 Å². The summed E-state index contributed by atoms with van der Waals surface area (Å²) in [6.45, 7) is 1.97. The Kier molecular flexibility index (Phi) is 6.44. The van der Waals surface area contributed by atoms with Crippen LogP contribution in [0.4, 0.5) is 11.4 Å². The molecule has 1 atom stereocenters. The first-order valence-corrected chi connectivity index (χ1v) is 11.7. The molecule has 0 saturated carbocycles. The number of aryl methyl sites for hydroxylation is 1. The van der Waals surface area contributed by atoms with Crippen LogP contribution in [-0.4, -0.2) is 26.3 Å². The molecule has 0 saturated heterocycles. The second kappa shape index (κ2) is 10.0. The number of hydrogen-bond acceptors (Lipinski definition) is 8. The van der Waals surface area contributed by atoms with E-state index in [9.17, 15) is 25.0 Å². The van der Waals surface area contributed by atoms with Crippen molar-refractivity contribution in [3.05, 3.63) is 133 Å². The number of carbonyl (C=O) groups is 1. The summed E-state index contributed by atoms with van der Waals surface area (Å²) in [5.41, 5.74) is 3.46. The number of fused-ring (bicyclic) bond motifs is 1. The molecule has 3 aromatic carbocycles. The van der Waals surface area contributed by atoms with Crippen LogP contribution in [0.5, 0.6) is 11.5 Å². The molecule has 0 bridgehead atoms. The van der Waals surface area contributed by atoms with Crippen molar-refractivity contribution in [3.63, 3.8) is 0 Å². The van der Waals surface area contributed by atoms with Crippen LogP contribution in [0.15, 0.2) is 90.1 Å². The lowest BCUT2D eigenvalue weighted by atomic mass is 9.89. The highest BCUT2D eigenvalue weighted by atomic mass is 16.6. The average Bonchev–Trinajstić information content (AvgIpc) is 2.94. The number of aromatic nitrogens is 1. The Morgan fingerprint density at radius 2 is 1.55 bits per heavy atom. The van der Waals surface area contributed by atoms with Crippen LogP contribution < -0.4 is 4.74 Å². The van der Waals surface area contributed by atoms with Gasteiger partial charge in [0.25, 0.3) is 11.4 Å². The molecule has 1 aliphatic rings. The van der Waals surface area contributed by atoms with Gasteiger partial charge in [0.1, 0.15) is 17.5 Å². The van der Waals surface area contributed by atoms with Gasteiger partial charge in [-0.05, 0) is 72.1 Å². The second-order valence-corrected chi connectivity index (χ2v) is 8.52. The fourth-order valence-corrected chi connectivity index (χ4v) is 4.27. The first-order chi connectivity index (χ1) is 18.4. The van der Waals surface area contributed by atoms with Gasteiger partial charge < -0.3 is 4.74 Å². The summed E-state index contributed by atoms with van der Waals surface area (Å²) in [6.07, 6.45) is 2.23. The molecule has 0 N–H and O–H groups in total. The SMILES string of the molecule is CCc1cc(C2=NC(c3ccc([N+](=O)[O-])cc3)C(=O)c3cccnc32)ccc1Oc1ccc([N+](=O)[O-])cc1. The van der Waals surface area contributed by atoms with E-state index in [0.717, 1.165) is 11.1 Å². The van der Waals surface area contributed by atoms with Gasteiger partial charge in [-0.25, -0.2) is 0 Å². The number of ketones is 1. The molecule has 0 spiro atoms. The van der Waals surface area contributed by atoms with E-state index >= 15 is 0 Å². The van der Waals surface area contributed by atoms with Crippen molar-refractivity contribution in [2.24, 2.45) is 4.99 Å². The molecular formula is C28H20N4O6. The lowest BCUT2D eigenvalue weighted by Crippen LogP contribution is -2.24. The van der Waals surface area contributed by atoms with E-state index in [1.807, 2.05) is 19.1 Å². The standard InChI is InChI=1S/C28H20N4O6/c1-2-17-16-19(7-14-24(17)38-22-12-10-21(11-13-22)32(36)37)25-27-23(4-3-15-29-27)28(33)26(30-25)18-5-8-20(9-6-18)31(34)35/h3-16,26H,2H2,1H3. The van der Waals surface area contributed by atoms with Gasteiger partial charge in [-0.15, -0.1) is 0 Å². The number of ether oxygens (including phenoxy) is 1. The van der Waals surface area contributed by atoms with E-state index in [1.54, 1.807) is 36.5 Å². The molecule has 1 aromatic heterocycles. The van der Waals surface area contributed by atoms with Crippen molar-refractivity contribution in [1.29, 1.82) is 0 Å². The highest BCUT2D eigenvalue weighted by molar-refractivity contribution is 6.21. The molecule has 0 fully saturated rings. The van der Waals surface area contributed by atoms with E-state index in [4.69, 9.17) is 9.73 Å². The van der Waals surface area contributed by atoms with E-state index in [1.165, 1.54) is 36.4 Å². The van der Waals surface area contributed by atoms with E-state index in [2.05, 4.69) is 4.98 Å². The van der Waals surface area contributed by atoms with Crippen molar-refractivity contribution in [1.82, 2.24) is 4.98 Å². The Balaban J connectivity index is 1.53. The Bertz CT molecular complexity index is 1600. The molecule has 0 aliphatic carbocycles. The van der Waals surface area contributed by atoms with E-state index in [0.29, 0.717) is 40.5 Å². The summed E-state index contributed by atoms with van der Waals surface area (Å²) in [5.74, 6) is 0.814. The van der Waals surface area contributed by atoms with Crippen LogP contribution in [0, 0.1) is 20.2 Å². The van der Waals surface area contributed by atoms with Crippen LogP contribution in [0.3, 0.4) is 0 Å². The largest absolute Gasteiger partial charge is 0.457 e. The summed E-state index contributed by atoms with van der Waals surface area (Å²) < 4.78 is 6.00. The van der Waals surface area contributed by atoms with Gasteiger partial charge in [-0.2, -0.15) is 0 Å². The number of pyridine rings is 1. The van der Waals surface area contributed by atoms with Crippen LogP contribution >= 0.6 is 0 Å². The molecule has 5 rings (SSSR count). The van der Waals surface area contributed by atoms with Gasteiger partial charge in [-0.3, -0.25) is 35.0 Å². The van der Waals surface area contributed by atoms with Crippen molar-refractivity contribution >= 4 is 22.9 Å². The molecule has 10 nitrogen and oxygen atoms in total. The zero-order valence-corrected chi connectivity index (χ0v) is 20.1. The minimum Gasteiger partial charge on any atom is -0.457 e. The summed E-state index contributed by atoms with van der Waals surface area (Å²) in [5, 5.41) is 22.0. The molecule has 1 aliphatic heterocycles. The number of Topliss-reactive ketones (excluding diaryl/α,β-unsaturated/α-hetero) is 1. The van der Waals surface area contributed by atoms with Gasteiger partial charge in [0.05, 0.1) is 21.3 Å². The minimum atomic E-state index is -0.872. The number of nitrogens with zero attached hydrogens (tertiary/aromatic N) is 4. The maximum absolute atomic E-state index is 13.3. The van der Waals surface area contributed by atoms with Gasteiger partial charge in [-0.1, -0.05) is 6.92 Å². The molecule has 188 valence electrons. The maximum Gasteiger partial charge on any atom is 0.269 e. The third-order valence-electron chi connectivity index (χ3n) is 6.21. The Labute approximate surface area is 216 Å². The zero-order chi connectivity index (χ0) is 26.8. The van der Waals surface area contributed by atoms with Crippen molar-refractivity contribution < 1.29 is 19.4 Å². The molecule has 2 heterocycles. The maximum atomic E-state index is 13.3. The number of nitro groups is 2. The smallest absolute Gasteiger partial charge is 0.269 e. The lowest BCUT2D eigenvalue weighted by molar-refractivity contribution is -0.385. The Morgan fingerprint density at radius 1 is 0.895 bits per heavy atom. The molecule has 1 unspecified atom stereocenters. The average molecular weight is 508 g/mol. The van der Waals surface area contributed by atoms with Crippen molar-refractivity contribution in [2.75, 3.05) is 0 Å². The van der Waals surface area contributed by atoms with Crippen molar-refractivity contribution in [3.8, 4) is 11.5 Å². The minimum absolute atomic E-state index is 0.0259. The number of hydrogen-bond donors (Lipinski definition) is 0. The highest BCUT2D eigenvalue weighted by Crippen LogP contribution is 2.34. The summed E-state index contributed by atoms with van der Waals surface area (Å²) >= 11 is 0. The fraction of sp³-hybridized carbons (Fsp3) is 0.107. The normalized spacial score (nSPS) is 14.4. The quantitative estimate of drug-likeness (QED) is 0.219. The van der Waals surface area contributed by atoms with E-state index in [-0.39, 0.29) is 17.2 Å². The number of rotatable bonds is 7. The summed E-state index contributed by atoms with van der Waals surface area (Å²) in [6, 6.07) is 19.7. The van der Waals surface area contributed by atoms with E-state index < -0.39 is 15.9 Å². The summed E-state index contributed by atoms with van der Waals surface area (Å²) in [7, 11) is 0. The number of carbonyl (C=O) groups excluding carboxylic acids is 1. The number of non-ortho nitro benzene ring substituents is 2. The first-order valence-electron chi connectivity index (χ1n) is 11.7. The Hall–Kier alpha value is -5.25. The topological polar surface area (TPSA) is 138 Å². The van der Waals surface area contributed by atoms with Crippen LogP contribution in [0.25, 0.3) is 0 Å². The van der Waals surface area contributed by atoms with Crippen LogP contribution in [0.2, 0.25) is 0 Å². The van der Waals surface area contributed by atoms with Gasteiger partial charge in [0.15, 0.2) is 5.78 Å². The zero-order valence-electron chi connectivity index (χ0n) is 20.1. The molecule has 4 aromatic rings.